The summed E-state index contributed by atoms with van der Waals surface area (Å²) in [6.07, 6.45) is 0.943. The fraction of sp³-hybridized carbons (Fsp3) is 0.344. The van der Waals surface area contributed by atoms with E-state index in [9.17, 15) is 22.8 Å². The number of urea groups is 1. The molecule has 2 unspecified atom stereocenters. The Hall–Kier alpha value is -4.34. The van der Waals surface area contributed by atoms with Crippen molar-refractivity contribution in [2.75, 3.05) is 13.1 Å². The van der Waals surface area contributed by atoms with Crippen molar-refractivity contribution >= 4 is 28.3 Å². The Morgan fingerprint density at radius 2 is 1.86 bits per heavy atom. The number of carbonyl (C=O) groups is 2. The normalized spacial score (nSPS) is 19.0. The van der Waals surface area contributed by atoms with Gasteiger partial charge in [-0.15, -0.1) is 13.2 Å². The second kappa shape index (κ2) is 11.5. The number of allylic oxidation sites excluding steroid dienone is 2. The minimum atomic E-state index is -4.81. The molecule has 10 heteroatoms. The number of ether oxygens (including phenoxy) is 1. The molecule has 1 fully saturated rings. The van der Waals surface area contributed by atoms with Gasteiger partial charge in [-0.3, -0.25) is 9.78 Å². The standard InChI is InChI=1S/C32H33F3N4O3/c1-31(2,3)38-30(41)39-16-14-25-23(21-8-6-9-22(17-21)42-32(33,34)35)11-12-26(27(25)19-39)29(40)37-18-28-24-10-5-4-7-20(24)13-15-36-28/h4-13,15,17,26-27H,14,16,18-19H2,1-3H3,(H,37,40)(H,38,41). The van der Waals surface area contributed by atoms with E-state index in [-0.39, 0.29) is 36.7 Å². The average Bonchev–Trinajstić information content (AvgIpc) is 2.93. The first kappa shape index (κ1) is 29.2. The first-order valence-corrected chi connectivity index (χ1v) is 13.8. The summed E-state index contributed by atoms with van der Waals surface area (Å²) in [5.74, 6) is -1.48. The average molecular weight is 579 g/mol. The molecule has 1 saturated heterocycles. The lowest BCUT2D eigenvalue weighted by molar-refractivity contribution is -0.274. The van der Waals surface area contributed by atoms with E-state index in [0.717, 1.165) is 27.6 Å². The van der Waals surface area contributed by atoms with Gasteiger partial charge in [0.05, 0.1) is 18.2 Å². The molecule has 1 aliphatic heterocycles. The summed E-state index contributed by atoms with van der Waals surface area (Å²) in [4.78, 5) is 32.9. The Kier molecular flexibility index (Phi) is 7.99. The number of nitrogens with zero attached hydrogens (tertiary/aromatic N) is 2. The molecule has 0 spiro atoms. The van der Waals surface area contributed by atoms with Crippen LogP contribution < -0.4 is 15.4 Å². The summed E-state index contributed by atoms with van der Waals surface area (Å²) < 4.78 is 42.9. The summed E-state index contributed by atoms with van der Waals surface area (Å²) in [6, 6.07) is 15.3. The number of fused-ring (bicyclic) bond motifs is 2. The highest BCUT2D eigenvalue weighted by molar-refractivity contribution is 5.88. The molecule has 1 aromatic heterocycles. The van der Waals surface area contributed by atoms with Crippen LogP contribution in [0.2, 0.25) is 0 Å². The van der Waals surface area contributed by atoms with Gasteiger partial charge in [0.1, 0.15) is 5.75 Å². The van der Waals surface area contributed by atoms with Crippen molar-refractivity contribution in [3.63, 3.8) is 0 Å². The number of benzene rings is 2. The van der Waals surface area contributed by atoms with Gasteiger partial charge in [-0.25, -0.2) is 4.79 Å². The molecule has 0 bridgehead atoms. The number of likely N-dealkylation sites (tertiary alicyclic amines) is 1. The van der Waals surface area contributed by atoms with Crippen LogP contribution in [0.15, 0.2) is 78.5 Å². The van der Waals surface area contributed by atoms with Crippen LogP contribution in [0.25, 0.3) is 16.3 Å². The minimum absolute atomic E-state index is 0.213. The quantitative estimate of drug-likeness (QED) is 0.377. The van der Waals surface area contributed by atoms with E-state index in [0.29, 0.717) is 18.5 Å². The first-order chi connectivity index (χ1) is 19.9. The molecule has 0 saturated carbocycles. The molecule has 2 heterocycles. The van der Waals surface area contributed by atoms with Crippen molar-refractivity contribution in [3.05, 3.63) is 89.8 Å². The van der Waals surface area contributed by atoms with E-state index in [1.165, 1.54) is 18.2 Å². The molecule has 0 radical (unpaired) electrons. The zero-order chi connectivity index (χ0) is 30.1. The number of carbonyl (C=O) groups excluding carboxylic acids is 2. The van der Waals surface area contributed by atoms with Crippen molar-refractivity contribution in [2.45, 2.75) is 45.6 Å². The highest BCUT2D eigenvalue weighted by atomic mass is 19.4. The molecule has 7 nitrogen and oxygen atoms in total. The molecule has 2 atom stereocenters. The van der Waals surface area contributed by atoms with E-state index in [2.05, 4.69) is 20.4 Å². The van der Waals surface area contributed by atoms with Crippen LogP contribution in [-0.2, 0) is 11.3 Å². The molecule has 5 rings (SSSR count). The number of aromatic nitrogens is 1. The van der Waals surface area contributed by atoms with Gasteiger partial charge in [0, 0.05) is 36.1 Å². The van der Waals surface area contributed by atoms with Gasteiger partial charge < -0.3 is 20.3 Å². The van der Waals surface area contributed by atoms with Crippen molar-refractivity contribution in [3.8, 4) is 5.75 Å². The van der Waals surface area contributed by atoms with E-state index >= 15 is 0 Å². The highest BCUT2D eigenvalue weighted by Gasteiger charge is 2.39. The lowest BCUT2D eigenvalue weighted by Gasteiger charge is -2.41. The molecule has 2 aliphatic rings. The van der Waals surface area contributed by atoms with Gasteiger partial charge in [0.2, 0.25) is 5.91 Å². The molecule has 3 aromatic rings. The molecule has 1 aliphatic carbocycles. The fourth-order valence-electron chi connectivity index (χ4n) is 5.59. The van der Waals surface area contributed by atoms with Crippen LogP contribution in [0.3, 0.4) is 0 Å². The predicted octanol–water partition coefficient (Wildman–Crippen LogP) is 6.22. The van der Waals surface area contributed by atoms with E-state index in [4.69, 9.17) is 0 Å². The number of hydrogen-bond acceptors (Lipinski definition) is 4. The fourth-order valence-corrected chi connectivity index (χ4v) is 5.59. The van der Waals surface area contributed by atoms with Gasteiger partial charge in [0.25, 0.3) is 0 Å². The molecule has 3 amide bonds. The maximum absolute atomic E-state index is 13.6. The van der Waals surface area contributed by atoms with Crippen molar-refractivity contribution in [2.24, 2.45) is 11.8 Å². The summed E-state index contributed by atoms with van der Waals surface area (Å²) in [5, 5.41) is 7.98. The number of pyridine rings is 1. The molecule has 42 heavy (non-hydrogen) atoms. The van der Waals surface area contributed by atoms with Crippen LogP contribution in [0.1, 0.15) is 38.4 Å². The number of hydrogen-bond donors (Lipinski definition) is 2. The Labute approximate surface area is 242 Å². The van der Waals surface area contributed by atoms with Crippen LogP contribution in [0.4, 0.5) is 18.0 Å². The minimum Gasteiger partial charge on any atom is -0.406 e. The third kappa shape index (κ3) is 6.75. The maximum atomic E-state index is 13.6. The lowest BCUT2D eigenvalue weighted by atomic mass is 9.73. The molecular formula is C32H33F3N4O3. The summed E-state index contributed by atoms with van der Waals surface area (Å²) >= 11 is 0. The number of nitrogens with one attached hydrogen (secondary N) is 2. The number of halogens is 3. The van der Waals surface area contributed by atoms with Gasteiger partial charge >= 0.3 is 12.4 Å². The third-order valence-electron chi connectivity index (χ3n) is 7.40. The molecule has 2 N–H and O–H groups in total. The Morgan fingerprint density at radius 1 is 1.07 bits per heavy atom. The van der Waals surface area contributed by atoms with Crippen LogP contribution >= 0.6 is 0 Å². The van der Waals surface area contributed by atoms with E-state index in [1.807, 2.05) is 51.1 Å². The van der Waals surface area contributed by atoms with Gasteiger partial charge in [0.15, 0.2) is 0 Å². The SMILES string of the molecule is CC(C)(C)NC(=O)N1CCC2=C(c3cccc(OC(F)(F)F)c3)C=CC(C(=O)NCc3nccc4ccccc34)C2C1. The van der Waals surface area contributed by atoms with Crippen molar-refractivity contribution in [1.29, 1.82) is 0 Å². The van der Waals surface area contributed by atoms with Gasteiger partial charge in [-0.2, -0.15) is 0 Å². The zero-order valence-electron chi connectivity index (χ0n) is 23.7. The second-order valence-electron chi connectivity index (χ2n) is 11.6. The summed E-state index contributed by atoms with van der Waals surface area (Å²) in [7, 11) is 0. The largest absolute Gasteiger partial charge is 0.573 e. The van der Waals surface area contributed by atoms with Crippen molar-refractivity contribution < 1.29 is 27.5 Å². The second-order valence-corrected chi connectivity index (χ2v) is 11.6. The van der Waals surface area contributed by atoms with Crippen LogP contribution in [-0.4, -0.2) is 46.8 Å². The van der Waals surface area contributed by atoms with E-state index < -0.39 is 17.8 Å². The monoisotopic (exact) mass is 578 g/mol. The molecular weight excluding hydrogens is 545 g/mol. The summed E-state index contributed by atoms with van der Waals surface area (Å²) in [5.41, 5.74) is 2.52. The highest BCUT2D eigenvalue weighted by Crippen LogP contribution is 2.41. The number of piperidine rings is 1. The smallest absolute Gasteiger partial charge is 0.406 e. The van der Waals surface area contributed by atoms with Crippen molar-refractivity contribution in [1.82, 2.24) is 20.5 Å². The number of amides is 3. The Bertz CT molecular complexity index is 1550. The number of alkyl halides is 3. The topological polar surface area (TPSA) is 83.6 Å². The van der Waals surface area contributed by atoms with Crippen LogP contribution in [0.5, 0.6) is 5.75 Å². The third-order valence-corrected chi connectivity index (χ3v) is 7.40. The van der Waals surface area contributed by atoms with Crippen LogP contribution in [0, 0.1) is 11.8 Å². The molecule has 2 aromatic carbocycles. The zero-order valence-corrected chi connectivity index (χ0v) is 23.7. The van der Waals surface area contributed by atoms with Gasteiger partial charge in [-0.1, -0.05) is 54.1 Å². The molecule has 220 valence electrons. The lowest BCUT2D eigenvalue weighted by Crippen LogP contribution is -2.53. The Morgan fingerprint density at radius 3 is 2.62 bits per heavy atom. The summed E-state index contributed by atoms with van der Waals surface area (Å²) in [6.45, 7) is 6.63. The number of rotatable bonds is 5. The van der Waals surface area contributed by atoms with E-state index in [1.54, 1.807) is 29.3 Å². The van der Waals surface area contributed by atoms with Gasteiger partial charge in [-0.05, 0) is 61.9 Å². The maximum Gasteiger partial charge on any atom is 0.573 e. The first-order valence-electron chi connectivity index (χ1n) is 13.8. The predicted molar refractivity (Wildman–Crippen MR) is 154 cm³/mol. The Balaban J connectivity index is 1.42.